The van der Waals surface area contributed by atoms with Crippen molar-refractivity contribution in [2.45, 2.75) is 4.90 Å². The number of nitriles is 1. The highest BCUT2D eigenvalue weighted by Gasteiger charge is 2.19. The Hall–Kier alpha value is -3.77. The predicted molar refractivity (Wildman–Crippen MR) is 138 cm³/mol. The molecule has 176 valence electrons. The number of hydrogen-bond donors (Lipinski definition) is 2. The largest absolute Gasteiger partial charge is 0.497 e. The highest BCUT2D eigenvalue weighted by molar-refractivity contribution is 7.92. The molecule has 0 saturated carbocycles. The summed E-state index contributed by atoms with van der Waals surface area (Å²) < 4.78 is 33.2. The van der Waals surface area contributed by atoms with Crippen molar-refractivity contribution in [1.82, 2.24) is 4.98 Å². The molecule has 0 aliphatic rings. The van der Waals surface area contributed by atoms with Crippen molar-refractivity contribution < 1.29 is 13.2 Å². The summed E-state index contributed by atoms with van der Waals surface area (Å²) in [5, 5.41) is 9.93. The van der Waals surface area contributed by atoms with E-state index in [4.69, 9.17) is 33.7 Å². The Morgan fingerprint density at radius 2 is 1.63 bits per heavy atom. The summed E-state index contributed by atoms with van der Waals surface area (Å²) in [6, 6.07) is 21.9. The summed E-state index contributed by atoms with van der Waals surface area (Å²) in [5.74, 6) is 0.780. The maximum atomic E-state index is 12.8. The third-order valence-electron chi connectivity index (χ3n) is 5.18. The first-order valence-corrected chi connectivity index (χ1v) is 12.4. The van der Waals surface area contributed by atoms with Gasteiger partial charge in [-0.2, -0.15) is 5.26 Å². The Morgan fingerprint density at radius 3 is 2.26 bits per heavy atom. The number of halogens is 2. The molecule has 0 radical (unpaired) electrons. The van der Waals surface area contributed by atoms with Crippen LogP contribution in [0.5, 0.6) is 5.75 Å². The molecule has 3 N–H and O–H groups in total. The Labute approximate surface area is 212 Å². The Kier molecular flexibility index (Phi) is 6.85. The van der Waals surface area contributed by atoms with Crippen LogP contribution in [-0.4, -0.2) is 20.5 Å². The van der Waals surface area contributed by atoms with Gasteiger partial charge >= 0.3 is 0 Å². The van der Waals surface area contributed by atoms with E-state index in [1.807, 2.05) is 12.1 Å². The van der Waals surface area contributed by atoms with Gasteiger partial charge in [-0.1, -0.05) is 47.5 Å². The maximum absolute atomic E-state index is 12.8. The quantitative estimate of drug-likeness (QED) is 0.320. The average Bonchev–Trinajstić information content (AvgIpc) is 2.85. The molecule has 4 aromatic rings. The normalized spacial score (nSPS) is 11.0. The lowest BCUT2D eigenvalue weighted by Gasteiger charge is -2.12. The zero-order chi connectivity index (χ0) is 25.2. The van der Waals surface area contributed by atoms with Gasteiger partial charge in [-0.25, -0.2) is 13.4 Å². The van der Waals surface area contributed by atoms with Crippen LogP contribution in [0.25, 0.3) is 22.4 Å². The number of nitrogens with zero attached hydrogens (tertiary/aromatic N) is 2. The molecule has 4 rings (SSSR count). The van der Waals surface area contributed by atoms with E-state index in [1.54, 1.807) is 49.6 Å². The summed E-state index contributed by atoms with van der Waals surface area (Å²) in [4.78, 5) is 4.24. The predicted octanol–water partition coefficient (Wildman–Crippen LogP) is 5.99. The number of benzene rings is 3. The fourth-order valence-corrected chi connectivity index (χ4v) is 5.25. The maximum Gasteiger partial charge on any atom is 0.263 e. The molecule has 0 atom stereocenters. The van der Waals surface area contributed by atoms with E-state index < -0.39 is 10.0 Å². The summed E-state index contributed by atoms with van der Waals surface area (Å²) in [7, 11) is -2.38. The fourth-order valence-electron chi connectivity index (χ4n) is 3.43. The first kappa shape index (κ1) is 24.4. The zero-order valence-corrected chi connectivity index (χ0v) is 20.6. The van der Waals surface area contributed by atoms with Gasteiger partial charge in [0.2, 0.25) is 0 Å². The van der Waals surface area contributed by atoms with Crippen LogP contribution in [-0.2, 0) is 10.0 Å². The fraction of sp³-hybridized carbons (Fsp3) is 0.0400. The van der Waals surface area contributed by atoms with Gasteiger partial charge in [0.1, 0.15) is 28.1 Å². The van der Waals surface area contributed by atoms with E-state index in [9.17, 15) is 13.7 Å². The van der Waals surface area contributed by atoms with Crippen molar-refractivity contribution in [3.63, 3.8) is 0 Å². The van der Waals surface area contributed by atoms with Gasteiger partial charge in [0.15, 0.2) is 0 Å². The molecule has 0 bridgehead atoms. The van der Waals surface area contributed by atoms with E-state index in [1.165, 1.54) is 18.2 Å². The zero-order valence-electron chi connectivity index (χ0n) is 18.3. The number of nitrogens with one attached hydrogen (secondary N) is 1. The van der Waals surface area contributed by atoms with Crippen molar-refractivity contribution in [2.24, 2.45) is 0 Å². The second kappa shape index (κ2) is 9.84. The third kappa shape index (κ3) is 5.17. The molecule has 35 heavy (non-hydrogen) atoms. The standard InChI is InChI=1S/C25H18Cl2N4O3S/c1-34-19-9-4-15(5-10-19)20-13-23(30-25(29)21(20)14-28)16-2-7-18(8-3-16)31-35(32,33)24-12-17(26)6-11-22(24)27/h2-13,31H,1H3,(H2,29,30). The summed E-state index contributed by atoms with van der Waals surface area (Å²) >= 11 is 12.0. The van der Waals surface area contributed by atoms with Gasteiger partial charge in [0, 0.05) is 21.8 Å². The smallest absolute Gasteiger partial charge is 0.263 e. The van der Waals surface area contributed by atoms with Gasteiger partial charge in [0.25, 0.3) is 10.0 Å². The SMILES string of the molecule is COc1ccc(-c2cc(-c3ccc(NS(=O)(=O)c4cc(Cl)ccc4Cl)cc3)nc(N)c2C#N)cc1. The Bertz CT molecular complexity index is 1550. The van der Waals surface area contributed by atoms with E-state index in [0.29, 0.717) is 28.3 Å². The van der Waals surface area contributed by atoms with Crippen molar-refractivity contribution in [1.29, 1.82) is 5.26 Å². The molecule has 0 amide bonds. The van der Waals surface area contributed by atoms with Gasteiger partial charge < -0.3 is 10.5 Å². The summed E-state index contributed by atoms with van der Waals surface area (Å²) in [5.41, 5.74) is 9.29. The first-order valence-electron chi connectivity index (χ1n) is 10.1. The molecule has 1 aromatic heterocycles. The lowest BCUT2D eigenvalue weighted by atomic mass is 9.98. The lowest BCUT2D eigenvalue weighted by Crippen LogP contribution is -2.13. The topological polar surface area (TPSA) is 118 Å². The number of rotatable bonds is 6. The molecule has 0 fully saturated rings. The molecule has 1 heterocycles. The van der Waals surface area contributed by atoms with Crippen molar-refractivity contribution in [2.75, 3.05) is 17.6 Å². The molecular formula is C25H18Cl2N4O3S. The Morgan fingerprint density at radius 1 is 0.971 bits per heavy atom. The van der Waals surface area contributed by atoms with E-state index in [2.05, 4.69) is 15.8 Å². The molecule has 3 aromatic carbocycles. The molecule has 0 unspecified atom stereocenters. The molecular weight excluding hydrogens is 507 g/mol. The van der Waals surface area contributed by atoms with Crippen molar-refractivity contribution in [3.05, 3.63) is 88.4 Å². The van der Waals surface area contributed by atoms with Gasteiger partial charge in [-0.3, -0.25) is 4.72 Å². The van der Waals surface area contributed by atoms with Crippen LogP contribution in [0.1, 0.15) is 5.56 Å². The monoisotopic (exact) mass is 524 g/mol. The van der Waals surface area contributed by atoms with Crippen LogP contribution >= 0.6 is 23.2 Å². The molecule has 0 aliphatic heterocycles. The molecule has 7 nitrogen and oxygen atoms in total. The number of nitrogen functional groups attached to an aromatic ring is 1. The number of nitrogens with two attached hydrogens (primary N) is 1. The van der Waals surface area contributed by atoms with Gasteiger partial charge in [0.05, 0.1) is 17.8 Å². The van der Waals surface area contributed by atoms with Crippen molar-refractivity contribution >= 4 is 44.7 Å². The highest BCUT2D eigenvalue weighted by atomic mass is 35.5. The minimum absolute atomic E-state index is 0.0573. The van der Waals surface area contributed by atoms with E-state index >= 15 is 0 Å². The van der Waals surface area contributed by atoms with Crippen LogP contribution in [0.15, 0.2) is 77.7 Å². The molecule has 0 aliphatic carbocycles. The lowest BCUT2D eigenvalue weighted by molar-refractivity contribution is 0.415. The second-order valence-corrected chi connectivity index (χ2v) is 9.91. The van der Waals surface area contributed by atoms with Gasteiger partial charge in [-0.15, -0.1) is 0 Å². The number of pyridine rings is 1. The van der Waals surface area contributed by atoms with E-state index in [-0.39, 0.29) is 26.3 Å². The molecule has 10 heteroatoms. The summed E-state index contributed by atoms with van der Waals surface area (Å²) in [6.07, 6.45) is 0. The molecule has 0 spiro atoms. The second-order valence-electron chi connectivity index (χ2n) is 7.41. The number of anilines is 2. The minimum Gasteiger partial charge on any atom is -0.497 e. The van der Waals surface area contributed by atoms with Crippen LogP contribution in [0.4, 0.5) is 11.5 Å². The number of ether oxygens (including phenoxy) is 1. The number of aromatic nitrogens is 1. The van der Waals surface area contributed by atoms with Gasteiger partial charge in [-0.05, 0) is 54.1 Å². The van der Waals surface area contributed by atoms with Crippen LogP contribution in [0, 0.1) is 11.3 Å². The first-order chi connectivity index (χ1) is 16.7. The van der Waals surface area contributed by atoms with Crippen molar-refractivity contribution in [3.8, 4) is 34.2 Å². The number of hydrogen-bond acceptors (Lipinski definition) is 6. The highest BCUT2D eigenvalue weighted by Crippen LogP contribution is 2.33. The Balaban J connectivity index is 1.67. The number of sulfonamides is 1. The minimum atomic E-state index is -3.96. The van der Waals surface area contributed by atoms with Crippen LogP contribution < -0.4 is 15.2 Å². The van der Waals surface area contributed by atoms with Crippen LogP contribution in [0.3, 0.4) is 0 Å². The van der Waals surface area contributed by atoms with E-state index in [0.717, 1.165) is 5.56 Å². The third-order valence-corrected chi connectivity index (χ3v) is 7.27. The summed E-state index contributed by atoms with van der Waals surface area (Å²) in [6.45, 7) is 0. The van der Waals surface area contributed by atoms with Crippen LogP contribution in [0.2, 0.25) is 10.0 Å². The number of methoxy groups -OCH3 is 1. The average molecular weight is 525 g/mol. The molecule has 0 saturated heterocycles.